The normalized spacial score (nSPS) is 16.3. The van der Waals surface area contributed by atoms with E-state index in [1.165, 1.54) is 0 Å². The Hall–Kier alpha value is -2.02. The van der Waals surface area contributed by atoms with Crippen molar-refractivity contribution in [1.82, 2.24) is 4.90 Å². The molecule has 0 aliphatic carbocycles. The van der Waals surface area contributed by atoms with Crippen LogP contribution in [0, 0.1) is 21.8 Å². The Balaban J connectivity index is 2.08. The van der Waals surface area contributed by atoms with E-state index in [4.69, 9.17) is 5.11 Å². The number of carboxylic acid groups (broad SMARTS) is 1. The van der Waals surface area contributed by atoms with Gasteiger partial charge in [0.15, 0.2) is 0 Å². The van der Waals surface area contributed by atoms with Gasteiger partial charge in [0.1, 0.15) is 5.82 Å². The molecule has 96 valence electrons. The van der Waals surface area contributed by atoms with Crippen LogP contribution in [-0.4, -0.2) is 34.0 Å². The Morgan fingerprint density at radius 3 is 2.78 bits per heavy atom. The molecule has 1 saturated heterocycles. The highest BCUT2D eigenvalue weighted by Gasteiger charge is 2.33. The van der Waals surface area contributed by atoms with Gasteiger partial charge in [-0.25, -0.2) is 4.39 Å². The number of hydrogen-bond acceptors (Lipinski definition) is 4. The van der Waals surface area contributed by atoms with E-state index in [0.29, 0.717) is 13.1 Å². The van der Waals surface area contributed by atoms with Crippen molar-refractivity contribution in [3.05, 3.63) is 39.7 Å². The van der Waals surface area contributed by atoms with Gasteiger partial charge in [0.25, 0.3) is 5.69 Å². The third-order valence-electron chi connectivity index (χ3n) is 2.94. The highest BCUT2D eigenvalue weighted by Crippen LogP contribution is 2.25. The lowest BCUT2D eigenvalue weighted by atomic mass is 9.99. The molecule has 0 radical (unpaired) electrons. The van der Waals surface area contributed by atoms with Gasteiger partial charge in [-0.3, -0.25) is 19.8 Å². The minimum absolute atomic E-state index is 0.143. The number of halogens is 1. The van der Waals surface area contributed by atoms with Crippen LogP contribution in [0.15, 0.2) is 18.2 Å². The molecule has 1 heterocycles. The number of rotatable bonds is 4. The van der Waals surface area contributed by atoms with Crippen LogP contribution in [-0.2, 0) is 11.3 Å². The molecule has 1 aromatic rings. The summed E-state index contributed by atoms with van der Waals surface area (Å²) in [5.74, 6) is -1.84. The fourth-order valence-electron chi connectivity index (χ4n) is 1.95. The molecule has 0 amide bonds. The summed E-state index contributed by atoms with van der Waals surface area (Å²) in [5.41, 5.74) is 0.124. The van der Waals surface area contributed by atoms with Crippen LogP contribution in [0.3, 0.4) is 0 Å². The van der Waals surface area contributed by atoms with Crippen LogP contribution < -0.4 is 0 Å². The van der Waals surface area contributed by atoms with Crippen LogP contribution in [0.5, 0.6) is 0 Å². The number of nitrogens with zero attached hydrogens (tertiary/aromatic N) is 2. The first-order valence-electron chi connectivity index (χ1n) is 5.35. The molecule has 0 atom stereocenters. The van der Waals surface area contributed by atoms with E-state index in [-0.39, 0.29) is 17.8 Å². The van der Waals surface area contributed by atoms with Crippen molar-refractivity contribution in [1.29, 1.82) is 0 Å². The quantitative estimate of drug-likeness (QED) is 0.645. The van der Waals surface area contributed by atoms with Crippen molar-refractivity contribution in [2.75, 3.05) is 13.1 Å². The van der Waals surface area contributed by atoms with Gasteiger partial charge in [-0.15, -0.1) is 0 Å². The molecule has 1 aromatic carbocycles. The van der Waals surface area contributed by atoms with Crippen molar-refractivity contribution in [2.45, 2.75) is 6.54 Å². The topological polar surface area (TPSA) is 83.7 Å². The Morgan fingerprint density at radius 1 is 1.56 bits per heavy atom. The highest BCUT2D eigenvalue weighted by molar-refractivity contribution is 5.71. The Labute approximate surface area is 102 Å². The van der Waals surface area contributed by atoms with Crippen LogP contribution in [0.1, 0.15) is 5.56 Å². The van der Waals surface area contributed by atoms with E-state index in [2.05, 4.69) is 0 Å². The molecule has 1 fully saturated rings. The van der Waals surface area contributed by atoms with E-state index in [1.807, 2.05) is 0 Å². The number of likely N-dealkylation sites (tertiary alicyclic amines) is 1. The molecule has 6 nitrogen and oxygen atoms in total. The maximum Gasteiger partial charge on any atom is 0.309 e. The van der Waals surface area contributed by atoms with Gasteiger partial charge in [-0.1, -0.05) is 0 Å². The number of hydrogen-bond donors (Lipinski definition) is 1. The standard InChI is InChI=1S/C11H11FN2O4/c12-9-1-2-10(14(17)18)7(3-9)4-13-5-8(6-13)11(15)16/h1-3,8H,4-6H2,(H,15,16). The van der Waals surface area contributed by atoms with Gasteiger partial charge in [0.2, 0.25) is 0 Å². The van der Waals surface area contributed by atoms with Crippen molar-refractivity contribution < 1.29 is 19.2 Å². The first-order valence-corrected chi connectivity index (χ1v) is 5.35. The number of nitro groups is 1. The molecule has 1 aliphatic heterocycles. The van der Waals surface area contributed by atoms with Gasteiger partial charge in [0.05, 0.1) is 10.8 Å². The monoisotopic (exact) mass is 254 g/mol. The lowest BCUT2D eigenvalue weighted by molar-refractivity contribution is -0.385. The van der Waals surface area contributed by atoms with Gasteiger partial charge in [0, 0.05) is 31.3 Å². The molecule has 1 N–H and O–H groups in total. The number of benzene rings is 1. The molecular formula is C11H11FN2O4. The molecule has 18 heavy (non-hydrogen) atoms. The van der Waals surface area contributed by atoms with Crippen molar-refractivity contribution in [3.63, 3.8) is 0 Å². The molecule has 0 spiro atoms. The third kappa shape index (κ3) is 2.45. The zero-order valence-corrected chi connectivity index (χ0v) is 9.38. The lowest BCUT2D eigenvalue weighted by Crippen LogP contribution is -2.49. The van der Waals surface area contributed by atoms with Crippen molar-refractivity contribution in [3.8, 4) is 0 Å². The number of carbonyl (C=O) groups is 1. The molecule has 2 rings (SSSR count). The summed E-state index contributed by atoms with van der Waals surface area (Å²) in [6.45, 7) is 0.865. The first-order chi connectivity index (χ1) is 8.47. The molecule has 0 aromatic heterocycles. The maximum absolute atomic E-state index is 13.1. The first kappa shape index (κ1) is 12.4. The minimum atomic E-state index is -0.875. The zero-order valence-electron chi connectivity index (χ0n) is 9.38. The van der Waals surface area contributed by atoms with Gasteiger partial charge in [-0.2, -0.15) is 0 Å². The van der Waals surface area contributed by atoms with Crippen molar-refractivity contribution in [2.24, 2.45) is 5.92 Å². The van der Waals surface area contributed by atoms with Crippen LogP contribution in [0.2, 0.25) is 0 Å². The summed E-state index contributed by atoms with van der Waals surface area (Å²) >= 11 is 0. The lowest BCUT2D eigenvalue weighted by Gasteiger charge is -2.36. The Kier molecular flexibility index (Phi) is 3.24. The average Bonchev–Trinajstić information content (AvgIpc) is 2.21. The molecule has 7 heteroatoms. The second-order valence-corrected chi connectivity index (χ2v) is 4.26. The second kappa shape index (κ2) is 4.69. The predicted molar refractivity (Wildman–Crippen MR) is 59.5 cm³/mol. The van der Waals surface area contributed by atoms with Gasteiger partial charge >= 0.3 is 5.97 Å². The molecule has 0 saturated carbocycles. The molecule has 0 unspecified atom stereocenters. The summed E-state index contributed by atoms with van der Waals surface area (Å²) in [7, 11) is 0. The van der Waals surface area contributed by atoms with Crippen LogP contribution >= 0.6 is 0 Å². The summed E-state index contributed by atoms with van der Waals surface area (Å²) in [6.07, 6.45) is 0. The van der Waals surface area contributed by atoms with E-state index in [9.17, 15) is 19.3 Å². The SMILES string of the molecule is O=C(O)C1CN(Cc2cc(F)ccc2[N+](=O)[O-])C1. The van der Waals surface area contributed by atoms with E-state index in [1.54, 1.807) is 4.90 Å². The number of nitro benzene ring substituents is 1. The van der Waals surface area contributed by atoms with E-state index < -0.39 is 22.6 Å². The molecule has 0 bridgehead atoms. The fourth-order valence-corrected chi connectivity index (χ4v) is 1.95. The predicted octanol–water partition coefficient (Wildman–Crippen LogP) is 1.25. The highest BCUT2D eigenvalue weighted by atomic mass is 19.1. The maximum atomic E-state index is 13.1. The summed E-state index contributed by atoms with van der Waals surface area (Å²) < 4.78 is 13.1. The smallest absolute Gasteiger partial charge is 0.309 e. The van der Waals surface area contributed by atoms with E-state index >= 15 is 0 Å². The van der Waals surface area contributed by atoms with E-state index in [0.717, 1.165) is 18.2 Å². The molecule has 1 aliphatic rings. The zero-order chi connectivity index (χ0) is 13.3. The second-order valence-electron chi connectivity index (χ2n) is 4.26. The fraction of sp³-hybridized carbons (Fsp3) is 0.364. The Morgan fingerprint density at radius 2 is 2.22 bits per heavy atom. The number of aliphatic carboxylic acids is 1. The summed E-state index contributed by atoms with van der Waals surface area (Å²) in [5, 5.41) is 19.5. The summed E-state index contributed by atoms with van der Waals surface area (Å²) in [4.78, 5) is 22.5. The van der Waals surface area contributed by atoms with Crippen molar-refractivity contribution >= 4 is 11.7 Å². The van der Waals surface area contributed by atoms with Gasteiger partial charge < -0.3 is 5.11 Å². The van der Waals surface area contributed by atoms with Crippen LogP contribution in [0.25, 0.3) is 0 Å². The van der Waals surface area contributed by atoms with Gasteiger partial charge in [-0.05, 0) is 12.1 Å². The summed E-state index contributed by atoms with van der Waals surface area (Å²) in [6, 6.07) is 3.28. The largest absolute Gasteiger partial charge is 0.481 e. The minimum Gasteiger partial charge on any atom is -0.481 e. The van der Waals surface area contributed by atoms with Crippen LogP contribution in [0.4, 0.5) is 10.1 Å². The average molecular weight is 254 g/mol. The number of carboxylic acids is 1. The Bertz CT molecular complexity index is 500. The third-order valence-corrected chi connectivity index (χ3v) is 2.94. The molecular weight excluding hydrogens is 243 g/mol.